The molecule has 23 heavy (non-hydrogen) atoms. The Hall–Kier alpha value is -1.07. The van der Waals surface area contributed by atoms with Gasteiger partial charge in [-0.2, -0.15) is 0 Å². The molecule has 6 heteroatoms. The van der Waals surface area contributed by atoms with Crippen LogP contribution >= 0.6 is 23.2 Å². The van der Waals surface area contributed by atoms with E-state index in [0.717, 1.165) is 24.8 Å². The fourth-order valence-corrected chi connectivity index (χ4v) is 3.37. The lowest BCUT2D eigenvalue weighted by molar-refractivity contribution is -0.298. The van der Waals surface area contributed by atoms with Crippen molar-refractivity contribution < 1.29 is 9.47 Å². The Balaban J connectivity index is 1.75. The van der Waals surface area contributed by atoms with Gasteiger partial charge >= 0.3 is 0 Å². The first-order chi connectivity index (χ1) is 11.1. The molecule has 1 aliphatic heterocycles. The number of imidazole rings is 1. The lowest BCUT2D eigenvalue weighted by atomic mass is 10.0. The van der Waals surface area contributed by atoms with Crippen molar-refractivity contribution in [1.82, 2.24) is 9.55 Å². The van der Waals surface area contributed by atoms with Crippen LogP contribution in [0.4, 0.5) is 0 Å². The maximum absolute atomic E-state index is 6.28. The second-order valence-electron chi connectivity index (χ2n) is 5.95. The molecule has 2 atom stereocenters. The van der Waals surface area contributed by atoms with E-state index >= 15 is 0 Å². The number of halogens is 2. The predicted octanol–water partition coefficient (Wildman–Crippen LogP) is 4.34. The molecule has 1 aromatic carbocycles. The van der Waals surface area contributed by atoms with E-state index in [2.05, 4.69) is 11.9 Å². The smallest absolute Gasteiger partial charge is 0.186 e. The maximum Gasteiger partial charge on any atom is 0.186 e. The normalized spacial score (nSPS) is 24.7. The van der Waals surface area contributed by atoms with E-state index in [9.17, 15) is 0 Å². The van der Waals surface area contributed by atoms with Crippen molar-refractivity contribution in [2.75, 3.05) is 6.61 Å². The Morgan fingerprint density at radius 2 is 2.26 bits per heavy atom. The van der Waals surface area contributed by atoms with Crippen LogP contribution in [0.3, 0.4) is 0 Å². The molecule has 0 saturated carbocycles. The first-order valence-corrected chi connectivity index (χ1v) is 8.53. The second-order valence-corrected chi connectivity index (χ2v) is 6.79. The van der Waals surface area contributed by atoms with Crippen molar-refractivity contribution in [3.8, 4) is 0 Å². The van der Waals surface area contributed by atoms with E-state index < -0.39 is 5.79 Å². The summed E-state index contributed by atoms with van der Waals surface area (Å²) >= 11 is 12.2. The fourth-order valence-electron chi connectivity index (χ4n) is 2.87. The van der Waals surface area contributed by atoms with E-state index in [-0.39, 0.29) is 6.10 Å². The van der Waals surface area contributed by atoms with Crippen molar-refractivity contribution in [2.24, 2.45) is 0 Å². The van der Waals surface area contributed by atoms with E-state index in [1.54, 1.807) is 18.6 Å². The van der Waals surface area contributed by atoms with Gasteiger partial charge in [-0.1, -0.05) is 29.3 Å². The minimum Gasteiger partial charge on any atom is -0.348 e. The van der Waals surface area contributed by atoms with Crippen LogP contribution in [0.5, 0.6) is 0 Å². The van der Waals surface area contributed by atoms with Gasteiger partial charge in [0.2, 0.25) is 0 Å². The lowest BCUT2D eigenvalue weighted by Crippen LogP contribution is -2.47. The molecule has 2 unspecified atom stereocenters. The highest BCUT2D eigenvalue weighted by atomic mass is 35.5. The monoisotopic (exact) mass is 354 g/mol. The molecule has 0 bridgehead atoms. The van der Waals surface area contributed by atoms with Gasteiger partial charge in [0.1, 0.15) is 0 Å². The highest BCUT2D eigenvalue weighted by Gasteiger charge is 2.37. The van der Waals surface area contributed by atoms with Gasteiger partial charge in [0.15, 0.2) is 5.79 Å². The molecule has 2 aromatic rings. The quantitative estimate of drug-likeness (QED) is 0.800. The van der Waals surface area contributed by atoms with Gasteiger partial charge in [0.05, 0.1) is 25.6 Å². The van der Waals surface area contributed by atoms with Gasteiger partial charge in [-0.3, -0.25) is 0 Å². The minimum atomic E-state index is -0.651. The highest BCUT2D eigenvalue weighted by molar-refractivity contribution is 6.35. The fraction of sp³-hybridized carbons (Fsp3) is 0.471. The Bertz CT molecular complexity index is 648. The molecule has 0 aliphatic carbocycles. The summed E-state index contributed by atoms with van der Waals surface area (Å²) in [5.41, 5.74) is 1.05. The van der Waals surface area contributed by atoms with Gasteiger partial charge < -0.3 is 14.0 Å². The number of benzene rings is 1. The molecule has 0 radical (unpaired) electrons. The SMILES string of the molecule is CC1CCOC(CCc2ccc(Cl)cc2Cl)(Cn2ccnc2)O1. The molecule has 4 nitrogen and oxygen atoms in total. The Morgan fingerprint density at radius 3 is 2.96 bits per heavy atom. The minimum absolute atomic E-state index is 0.174. The molecule has 3 rings (SSSR count). The average molecular weight is 355 g/mol. The summed E-state index contributed by atoms with van der Waals surface area (Å²) in [7, 11) is 0. The summed E-state index contributed by atoms with van der Waals surface area (Å²) in [6, 6.07) is 5.59. The number of rotatable bonds is 5. The van der Waals surface area contributed by atoms with E-state index in [1.165, 1.54) is 0 Å². The van der Waals surface area contributed by atoms with Gasteiger partial charge in [-0.05, 0) is 37.5 Å². The summed E-state index contributed by atoms with van der Waals surface area (Å²) in [4.78, 5) is 4.10. The van der Waals surface area contributed by atoms with Crippen LogP contribution in [0.2, 0.25) is 10.0 Å². The molecule has 1 saturated heterocycles. The zero-order valence-corrected chi connectivity index (χ0v) is 14.6. The lowest BCUT2D eigenvalue weighted by Gasteiger charge is -2.40. The summed E-state index contributed by atoms with van der Waals surface area (Å²) in [5, 5.41) is 1.32. The van der Waals surface area contributed by atoms with Crippen LogP contribution in [0.25, 0.3) is 0 Å². The van der Waals surface area contributed by atoms with Gasteiger partial charge in [-0.25, -0.2) is 4.98 Å². The van der Waals surface area contributed by atoms with Crippen LogP contribution in [0.1, 0.15) is 25.3 Å². The van der Waals surface area contributed by atoms with Crippen LogP contribution in [-0.4, -0.2) is 28.0 Å². The molecule has 0 amide bonds. The molecule has 1 fully saturated rings. The Labute approximate surface area is 146 Å². The van der Waals surface area contributed by atoms with E-state index in [1.807, 2.05) is 22.9 Å². The third-order valence-electron chi connectivity index (χ3n) is 4.08. The molecule has 1 aromatic heterocycles. The average Bonchev–Trinajstić information content (AvgIpc) is 2.99. The van der Waals surface area contributed by atoms with Gasteiger partial charge in [-0.15, -0.1) is 0 Å². The Morgan fingerprint density at radius 1 is 1.39 bits per heavy atom. The van der Waals surface area contributed by atoms with Crippen molar-refractivity contribution >= 4 is 23.2 Å². The summed E-state index contributed by atoms with van der Waals surface area (Å²) in [6.45, 7) is 3.40. The molecule has 2 heterocycles. The van der Waals surface area contributed by atoms with E-state index in [0.29, 0.717) is 23.2 Å². The maximum atomic E-state index is 6.28. The van der Waals surface area contributed by atoms with Crippen LogP contribution in [-0.2, 0) is 22.4 Å². The van der Waals surface area contributed by atoms with Gasteiger partial charge in [0.25, 0.3) is 0 Å². The highest BCUT2D eigenvalue weighted by Crippen LogP contribution is 2.31. The largest absolute Gasteiger partial charge is 0.348 e. The van der Waals surface area contributed by atoms with Crippen molar-refractivity contribution in [3.05, 3.63) is 52.5 Å². The third-order valence-corrected chi connectivity index (χ3v) is 4.67. The van der Waals surface area contributed by atoms with Crippen molar-refractivity contribution in [2.45, 2.75) is 44.6 Å². The number of ether oxygens (including phenoxy) is 2. The summed E-state index contributed by atoms with van der Waals surface area (Å²) in [6.07, 6.45) is 8.02. The molecule has 0 spiro atoms. The number of aryl methyl sites for hydroxylation is 1. The van der Waals surface area contributed by atoms with Crippen molar-refractivity contribution in [1.29, 1.82) is 0 Å². The topological polar surface area (TPSA) is 36.3 Å². The number of hydrogen-bond acceptors (Lipinski definition) is 3. The van der Waals surface area contributed by atoms with E-state index in [4.69, 9.17) is 32.7 Å². The molecule has 0 N–H and O–H groups in total. The van der Waals surface area contributed by atoms with Crippen LogP contribution < -0.4 is 0 Å². The molecular formula is C17H20Cl2N2O2. The zero-order valence-electron chi connectivity index (χ0n) is 13.0. The standard InChI is InChI=1S/C17H20Cl2N2O2/c1-13-5-9-22-17(23-13,11-21-8-7-20-12-21)6-4-14-2-3-15(18)10-16(14)19/h2-3,7-8,10,12-13H,4-6,9,11H2,1H3. The van der Waals surface area contributed by atoms with Crippen LogP contribution in [0, 0.1) is 0 Å². The first-order valence-electron chi connectivity index (χ1n) is 7.78. The number of aromatic nitrogens is 2. The Kier molecular flexibility index (Phi) is 5.27. The first kappa shape index (κ1) is 16.8. The second kappa shape index (κ2) is 7.22. The molecular weight excluding hydrogens is 335 g/mol. The number of hydrogen-bond donors (Lipinski definition) is 0. The predicted molar refractivity (Wildman–Crippen MR) is 90.9 cm³/mol. The van der Waals surface area contributed by atoms with Gasteiger partial charge in [0, 0.05) is 28.9 Å². The third kappa shape index (κ3) is 4.27. The zero-order chi connectivity index (χ0) is 16.3. The van der Waals surface area contributed by atoms with Crippen molar-refractivity contribution in [3.63, 3.8) is 0 Å². The summed E-state index contributed by atoms with van der Waals surface area (Å²) in [5.74, 6) is -0.651. The molecule has 124 valence electrons. The summed E-state index contributed by atoms with van der Waals surface area (Å²) < 4.78 is 14.2. The number of nitrogens with zero attached hydrogens (tertiary/aromatic N) is 2. The molecule has 1 aliphatic rings. The van der Waals surface area contributed by atoms with Crippen LogP contribution in [0.15, 0.2) is 36.9 Å².